The minimum Gasteiger partial charge on any atom is -0.434 e. The Bertz CT molecular complexity index is 831. The second kappa shape index (κ2) is 12.1. The second-order valence-electron chi connectivity index (χ2n) is 5.83. The first-order valence-electron chi connectivity index (χ1n) is 8.62. The topological polar surface area (TPSA) is 107 Å². The predicted octanol–water partition coefficient (Wildman–Crippen LogP) is 3.07. The van der Waals surface area contributed by atoms with E-state index in [2.05, 4.69) is 25.5 Å². The number of halogens is 3. The number of nitrogens with zero attached hydrogens (tertiary/aromatic N) is 4. The fraction of sp³-hybridized carbons (Fsp3) is 0.412. The van der Waals surface area contributed by atoms with Crippen molar-refractivity contribution in [2.75, 3.05) is 13.1 Å². The number of hydrogen-bond acceptors (Lipinski definition) is 5. The lowest BCUT2D eigenvalue weighted by Crippen LogP contribution is -2.38. The molecule has 1 aromatic carbocycles. The van der Waals surface area contributed by atoms with Crippen molar-refractivity contribution in [3.05, 3.63) is 51.8 Å². The molecule has 1 heterocycles. The molecule has 0 unspecified atom stereocenters. The smallest absolute Gasteiger partial charge is 0.387 e. The molecule has 12 heteroatoms. The van der Waals surface area contributed by atoms with Gasteiger partial charge in [-0.25, -0.2) is 4.99 Å². The second-order valence-corrected chi connectivity index (χ2v) is 5.83. The zero-order valence-electron chi connectivity index (χ0n) is 16.0. The minimum atomic E-state index is -2.91. The maximum absolute atomic E-state index is 12.6. The molecule has 0 aliphatic heterocycles. The Hall–Kier alpha value is -2.51. The van der Waals surface area contributed by atoms with Gasteiger partial charge in [-0.15, -0.1) is 24.0 Å². The first kappa shape index (κ1) is 24.5. The summed E-state index contributed by atoms with van der Waals surface area (Å²) in [6.45, 7) is 2.40. The number of alkyl halides is 2. The lowest BCUT2D eigenvalue weighted by molar-refractivity contribution is -0.385. The Morgan fingerprint density at radius 2 is 2.17 bits per heavy atom. The summed E-state index contributed by atoms with van der Waals surface area (Å²) in [5.41, 5.74) is 1.37. The van der Waals surface area contributed by atoms with E-state index in [4.69, 9.17) is 0 Å². The van der Waals surface area contributed by atoms with Crippen molar-refractivity contribution in [2.45, 2.75) is 33.5 Å². The molecule has 0 fully saturated rings. The molecule has 0 aliphatic rings. The van der Waals surface area contributed by atoms with E-state index in [1.54, 1.807) is 12.1 Å². The van der Waals surface area contributed by atoms with Gasteiger partial charge in [-0.2, -0.15) is 13.9 Å². The van der Waals surface area contributed by atoms with Crippen LogP contribution in [0.5, 0.6) is 5.75 Å². The lowest BCUT2D eigenvalue weighted by atomic mass is 10.1. The van der Waals surface area contributed by atoms with Crippen LogP contribution in [0.15, 0.2) is 35.6 Å². The Morgan fingerprint density at radius 3 is 2.79 bits per heavy atom. The third-order valence-corrected chi connectivity index (χ3v) is 3.65. The number of guanidine groups is 1. The fourth-order valence-electron chi connectivity index (χ4n) is 2.41. The molecule has 9 nitrogen and oxygen atoms in total. The molecular weight excluding hydrogens is 501 g/mol. The molecule has 2 aromatic rings. The molecular formula is C17H23F2IN6O3. The van der Waals surface area contributed by atoms with Gasteiger partial charge in [0.1, 0.15) is 18.1 Å². The Morgan fingerprint density at radius 1 is 1.41 bits per heavy atom. The van der Waals surface area contributed by atoms with Crippen molar-refractivity contribution in [2.24, 2.45) is 4.99 Å². The summed E-state index contributed by atoms with van der Waals surface area (Å²) in [5.74, 6) is 0.567. The van der Waals surface area contributed by atoms with Crippen molar-refractivity contribution in [1.82, 2.24) is 20.4 Å². The zero-order chi connectivity index (χ0) is 20.5. The highest BCUT2D eigenvalue weighted by molar-refractivity contribution is 14.0. The van der Waals surface area contributed by atoms with E-state index in [1.807, 2.05) is 13.8 Å². The van der Waals surface area contributed by atoms with E-state index in [-0.39, 0.29) is 42.0 Å². The van der Waals surface area contributed by atoms with Gasteiger partial charge in [-0.05, 0) is 19.9 Å². The quantitative estimate of drug-likeness (QED) is 0.172. The molecule has 0 amide bonds. The number of aromatic nitrogens is 2. The standard InChI is InChI=1S/C17H22F2N6O3.HI/c1-3-20-17(21-6-7-24-11-14(10-23-24)25(26)27)22-9-13-8-12(2)4-5-15(13)28-16(18)19;/h4-5,8,10-11,16H,3,6-7,9H2,1-2H3,(H2,20,21,22);1H. The number of aliphatic imine (C=N–C) groups is 1. The Labute approximate surface area is 183 Å². The predicted molar refractivity (Wildman–Crippen MR) is 115 cm³/mol. The van der Waals surface area contributed by atoms with Gasteiger partial charge < -0.3 is 15.4 Å². The molecule has 0 saturated heterocycles. The normalized spacial score (nSPS) is 11.1. The van der Waals surface area contributed by atoms with Crippen LogP contribution in [0.3, 0.4) is 0 Å². The van der Waals surface area contributed by atoms with Crippen molar-refractivity contribution in [1.29, 1.82) is 0 Å². The van der Waals surface area contributed by atoms with Gasteiger partial charge in [-0.1, -0.05) is 17.7 Å². The van der Waals surface area contributed by atoms with Gasteiger partial charge in [0, 0.05) is 18.7 Å². The van der Waals surface area contributed by atoms with E-state index >= 15 is 0 Å². The van der Waals surface area contributed by atoms with E-state index < -0.39 is 11.5 Å². The summed E-state index contributed by atoms with van der Waals surface area (Å²) in [4.78, 5) is 14.5. The molecule has 29 heavy (non-hydrogen) atoms. The van der Waals surface area contributed by atoms with E-state index in [9.17, 15) is 18.9 Å². The number of rotatable bonds is 9. The molecule has 0 bridgehead atoms. The molecule has 0 radical (unpaired) electrons. The average molecular weight is 524 g/mol. The summed E-state index contributed by atoms with van der Waals surface area (Å²) in [7, 11) is 0. The third kappa shape index (κ3) is 8.17. The van der Waals surface area contributed by atoms with E-state index in [1.165, 1.54) is 23.1 Å². The van der Waals surface area contributed by atoms with Crippen LogP contribution in [-0.4, -0.2) is 40.4 Å². The monoisotopic (exact) mass is 524 g/mol. The summed E-state index contributed by atoms with van der Waals surface area (Å²) in [6, 6.07) is 4.93. The minimum absolute atomic E-state index is 0. The first-order valence-corrected chi connectivity index (χ1v) is 8.62. The van der Waals surface area contributed by atoms with E-state index in [0.29, 0.717) is 31.2 Å². The van der Waals surface area contributed by atoms with Gasteiger partial charge in [0.15, 0.2) is 5.96 Å². The van der Waals surface area contributed by atoms with Crippen LogP contribution in [0.1, 0.15) is 18.1 Å². The van der Waals surface area contributed by atoms with Crippen LogP contribution in [0.2, 0.25) is 0 Å². The molecule has 160 valence electrons. The van der Waals surface area contributed by atoms with Crippen LogP contribution >= 0.6 is 24.0 Å². The number of aryl methyl sites for hydroxylation is 1. The molecule has 0 spiro atoms. The number of benzene rings is 1. The Kier molecular flexibility index (Phi) is 10.3. The van der Waals surface area contributed by atoms with Crippen molar-refractivity contribution in [3.63, 3.8) is 0 Å². The number of nitro groups is 1. The largest absolute Gasteiger partial charge is 0.434 e. The van der Waals surface area contributed by atoms with E-state index in [0.717, 1.165) is 5.56 Å². The van der Waals surface area contributed by atoms with Gasteiger partial charge in [-0.3, -0.25) is 14.8 Å². The van der Waals surface area contributed by atoms with Gasteiger partial charge in [0.2, 0.25) is 0 Å². The maximum atomic E-state index is 12.6. The van der Waals surface area contributed by atoms with Crippen LogP contribution in [0.4, 0.5) is 14.5 Å². The maximum Gasteiger partial charge on any atom is 0.387 e. The third-order valence-electron chi connectivity index (χ3n) is 3.65. The molecule has 0 aliphatic carbocycles. The summed E-state index contributed by atoms with van der Waals surface area (Å²) >= 11 is 0. The summed E-state index contributed by atoms with van der Waals surface area (Å²) < 4.78 is 31.1. The highest BCUT2D eigenvalue weighted by atomic mass is 127. The van der Waals surface area contributed by atoms with Crippen LogP contribution in [0.25, 0.3) is 0 Å². The zero-order valence-corrected chi connectivity index (χ0v) is 18.3. The highest BCUT2D eigenvalue weighted by Gasteiger charge is 2.11. The van der Waals surface area contributed by atoms with Crippen LogP contribution in [0, 0.1) is 17.0 Å². The Balaban J connectivity index is 0.00000420. The average Bonchev–Trinajstić information content (AvgIpc) is 3.10. The SMILES string of the molecule is CCNC(=NCc1cc(C)ccc1OC(F)F)NCCn1cc([N+](=O)[O-])cn1.I. The molecule has 0 saturated carbocycles. The number of ether oxygens (including phenoxy) is 1. The van der Waals surface area contributed by atoms with Gasteiger partial charge in [0.05, 0.1) is 18.0 Å². The number of hydrogen-bond donors (Lipinski definition) is 2. The highest BCUT2D eigenvalue weighted by Crippen LogP contribution is 2.22. The fourth-order valence-corrected chi connectivity index (χ4v) is 2.41. The van der Waals surface area contributed by atoms with Crippen molar-refractivity contribution in [3.8, 4) is 5.75 Å². The van der Waals surface area contributed by atoms with Gasteiger partial charge in [0.25, 0.3) is 0 Å². The number of nitrogens with one attached hydrogen (secondary N) is 2. The summed E-state index contributed by atoms with van der Waals surface area (Å²) in [6.07, 6.45) is 2.52. The molecule has 1 aromatic heterocycles. The van der Waals surface area contributed by atoms with Crippen LogP contribution < -0.4 is 15.4 Å². The van der Waals surface area contributed by atoms with Gasteiger partial charge >= 0.3 is 12.3 Å². The molecule has 0 atom stereocenters. The van der Waals surface area contributed by atoms with Crippen LogP contribution in [-0.2, 0) is 13.1 Å². The first-order chi connectivity index (χ1) is 13.4. The van der Waals surface area contributed by atoms with Crippen molar-refractivity contribution < 1.29 is 18.4 Å². The molecule has 2 rings (SSSR count). The summed E-state index contributed by atoms with van der Waals surface area (Å²) in [5, 5.41) is 20.7. The lowest BCUT2D eigenvalue weighted by Gasteiger charge is -2.13. The molecule has 2 N–H and O–H groups in total. The van der Waals surface area contributed by atoms with Crippen molar-refractivity contribution >= 4 is 35.6 Å².